The highest BCUT2D eigenvalue weighted by atomic mass is 35.5. The monoisotopic (exact) mass is 355 g/mol. The zero-order valence-electron chi connectivity index (χ0n) is 12.4. The highest BCUT2D eigenvalue weighted by Crippen LogP contribution is 2.28. The summed E-state index contributed by atoms with van der Waals surface area (Å²) in [6.07, 6.45) is 0. The number of ether oxygens (including phenoxy) is 2. The second kappa shape index (κ2) is 6.89. The Labute approximate surface area is 139 Å². The number of carbonyl (C=O) groups excluding carboxylic acids is 1. The van der Waals surface area contributed by atoms with Crippen LogP contribution in [0.25, 0.3) is 0 Å². The van der Waals surface area contributed by atoms with Crippen LogP contribution >= 0.6 is 11.6 Å². The van der Waals surface area contributed by atoms with Gasteiger partial charge in [0.15, 0.2) is 0 Å². The number of methoxy groups -OCH3 is 2. The van der Waals surface area contributed by atoms with Crippen LogP contribution < -0.4 is 9.46 Å². The Morgan fingerprint density at radius 1 is 1.13 bits per heavy atom. The standard InChI is InChI=1S/C15H14ClNO5S/c1-21-13-7-6-11(16)9-14(13)23(19,20)17-12-5-3-4-10(8-12)15(18)22-2/h3-9,17H,1-2H3. The Morgan fingerprint density at radius 2 is 1.87 bits per heavy atom. The summed E-state index contributed by atoms with van der Waals surface area (Å²) in [5.41, 5.74) is 0.445. The molecule has 0 aliphatic carbocycles. The summed E-state index contributed by atoms with van der Waals surface area (Å²) in [5.74, 6) is -0.405. The molecule has 0 spiro atoms. The first-order chi connectivity index (χ1) is 10.9. The smallest absolute Gasteiger partial charge is 0.337 e. The lowest BCUT2D eigenvalue weighted by Crippen LogP contribution is -2.14. The Bertz CT molecular complexity index is 836. The summed E-state index contributed by atoms with van der Waals surface area (Å²) in [4.78, 5) is 11.4. The van der Waals surface area contributed by atoms with Crippen molar-refractivity contribution in [2.45, 2.75) is 4.90 Å². The maximum absolute atomic E-state index is 12.5. The van der Waals surface area contributed by atoms with Crippen molar-refractivity contribution >= 4 is 33.3 Å². The van der Waals surface area contributed by atoms with Gasteiger partial charge in [0.05, 0.1) is 19.8 Å². The number of hydrogen-bond acceptors (Lipinski definition) is 5. The lowest BCUT2D eigenvalue weighted by atomic mass is 10.2. The summed E-state index contributed by atoms with van der Waals surface area (Å²) >= 11 is 5.86. The maximum Gasteiger partial charge on any atom is 0.337 e. The molecule has 23 heavy (non-hydrogen) atoms. The van der Waals surface area contributed by atoms with Gasteiger partial charge in [-0.25, -0.2) is 13.2 Å². The van der Waals surface area contributed by atoms with Crippen LogP contribution in [0.1, 0.15) is 10.4 Å². The number of carbonyl (C=O) groups is 1. The van der Waals surface area contributed by atoms with Crippen molar-refractivity contribution < 1.29 is 22.7 Å². The van der Waals surface area contributed by atoms with E-state index in [1.54, 1.807) is 6.07 Å². The summed E-state index contributed by atoms with van der Waals surface area (Å²) < 4.78 is 37.1. The van der Waals surface area contributed by atoms with Crippen molar-refractivity contribution in [2.75, 3.05) is 18.9 Å². The molecule has 6 nitrogen and oxygen atoms in total. The van der Waals surface area contributed by atoms with Gasteiger partial charge in [0.2, 0.25) is 0 Å². The molecule has 0 aliphatic heterocycles. The van der Waals surface area contributed by atoms with Crippen LogP contribution in [0.4, 0.5) is 5.69 Å². The highest BCUT2D eigenvalue weighted by Gasteiger charge is 2.20. The first-order valence-electron chi connectivity index (χ1n) is 6.42. The van der Waals surface area contributed by atoms with Crippen LogP contribution in [-0.4, -0.2) is 28.6 Å². The number of esters is 1. The summed E-state index contributed by atoms with van der Waals surface area (Å²) in [6, 6.07) is 10.2. The van der Waals surface area contributed by atoms with Gasteiger partial charge >= 0.3 is 5.97 Å². The quantitative estimate of drug-likeness (QED) is 0.834. The van der Waals surface area contributed by atoms with E-state index in [9.17, 15) is 13.2 Å². The number of benzene rings is 2. The van der Waals surface area contributed by atoms with Crippen LogP contribution in [0.5, 0.6) is 5.75 Å². The molecule has 0 saturated heterocycles. The molecule has 0 aliphatic rings. The lowest BCUT2D eigenvalue weighted by Gasteiger charge is -2.12. The van der Waals surface area contributed by atoms with Crippen molar-refractivity contribution in [3.8, 4) is 5.75 Å². The van der Waals surface area contributed by atoms with E-state index in [4.69, 9.17) is 16.3 Å². The molecule has 0 radical (unpaired) electrons. The number of hydrogen-bond donors (Lipinski definition) is 1. The third kappa shape index (κ3) is 3.94. The zero-order chi connectivity index (χ0) is 17.0. The van der Waals surface area contributed by atoms with Crippen LogP contribution in [0, 0.1) is 0 Å². The van der Waals surface area contributed by atoms with E-state index >= 15 is 0 Å². The van der Waals surface area contributed by atoms with Gasteiger partial charge in [0.25, 0.3) is 10.0 Å². The summed E-state index contributed by atoms with van der Waals surface area (Å²) in [5, 5.41) is 0.259. The average Bonchev–Trinajstić information content (AvgIpc) is 2.54. The molecule has 2 aromatic rings. The van der Waals surface area contributed by atoms with Crippen molar-refractivity contribution in [3.63, 3.8) is 0 Å². The second-order valence-electron chi connectivity index (χ2n) is 4.47. The highest BCUT2D eigenvalue weighted by molar-refractivity contribution is 7.92. The van der Waals surface area contributed by atoms with Crippen molar-refractivity contribution in [1.82, 2.24) is 0 Å². The van der Waals surface area contributed by atoms with Crippen molar-refractivity contribution in [3.05, 3.63) is 53.1 Å². The Hall–Kier alpha value is -2.25. The molecule has 8 heteroatoms. The number of rotatable bonds is 5. The third-order valence-electron chi connectivity index (χ3n) is 2.95. The zero-order valence-corrected chi connectivity index (χ0v) is 13.9. The van der Waals surface area contributed by atoms with Crippen LogP contribution in [0.2, 0.25) is 5.02 Å². The molecule has 0 amide bonds. The number of nitrogens with one attached hydrogen (secondary N) is 1. The van der Waals surface area contributed by atoms with Crippen LogP contribution in [0.3, 0.4) is 0 Å². The topological polar surface area (TPSA) is 81.7 Å². The van der Waals surface area contributed by atoms with Gasteiger partial charge in [-0.3, -0.25) is 4.72 Å². The Kier molecular flexibility index (Phi) is 5.12. The lowest BCUT2D eigenvalue weighted by molar-refractivity contribution is 0.0601. The van der Waals surface area contributed by atoms with Crippen molar-refractivity contribution in [1.29, 1.82) is 0 Å². The van der Waals surface area contributed by atoms with Crippen LogP contribution in [0.15, 0.2) is 47.4 Å². The summed E-state index contributed by atoms with van der Waals surface area (Å²) in [6.45, 7) is 0. The Balaban J connectivity index is 2.39. The fraction of sp³-hybridized carbons (Fsp3) is 0.133. The van der Waals surface area contributed by atoms with Crippen LogP contribution in [-0.2, 0) is 14.8 Å². The average molecular weight is 356 g/mol. The van der Waals surface area contributed by atoms with E-state index in [0.29, 0.717) is 0 Å². The largest absolute Gasteiger partial charge is 0.495 e. The van der Waals surface area contributed by atoms with E-state index in [2.05, 4.69) is 9.46 Å². The minimum atomic E-state index is -3.94. The predicted molar refractivity (Wildman–Crippen MR) is 86.6 cm³/mol. The predicted octanol–water partition coefficient (Wildman–Crippen LogP) is 2.94. The van der Waals surface area contributed by atoms with Gasteiger partial charge < -0.3 is 9.47 Å². The number of halogens is 1. The third-order valence-corrected chi connectivity index (χ3v) is 4.59. The van der Waals surface area contributed by atoms with Gasteiger partial charge in [-0.05, 0) is 36.4 Å². The first kappa shape index (κ1) is 17.1. The van der Waals surface area contributed by atoms with Gasteiger partial charge in [-0.1, -0.05) is 17.7 Å². The van der Waals surface area contributed by atoms with Gasteiger partial charge in [0.1, 0.15) is 10.6 Å². The molecular weight excluding hydrogens is 342 g/mol. The van der Waals surface area contributed by atoms with Crippen molar-refractivity contribution in [2.24, 2.45) is 0 Å². The molecule has 122 valence electrons. The van der Waals surface area contributed by atoms with Gasteiger partial charge in [-0.2, -0.15) is 0 Å². The second-order valence-corrected chi connectivity index (χ2v) is 6.56. The minimum absolute atomic E-state index is 0.101. The first-order valence-corrected chi connectivity index (χ1v) is 8.28. The molecule has 0 unspecified atom stereocenters. The molecular formula is C15H14ClNO5S. The molecule has 1 N–H and O–H groups in total. The summed E-state index contributed by atoms with van der Waals surface area (Å²) in [7, 11) is -1.33. The van der Waals surface area contributed by atoms with E-state index in [0.717, 1.165) is 0 Å². The number of anilines is 1. The fourth-order valence-corrected chi connectivity index (χ4v) is 3.38. The number of sulfonamides is 1. The van der Waals surface area contributed by atoms with Gasteiger partial charge in [-0.15, -0.1) is 0 Å². The fourth-order valence-electron chi connectivity index (χ4n) is 1.90. The molecule has 0 saturated carbocycles. The van der Waals surface area contributed by atoms with Gasteiger partial charge in [0, 0.05) is 10.7 Å². The van der Waals surface area contributed by atoms with E-state index in [-0.39, 0.29) is 26.9 Å². The van der Waals surface area contributed by atoms with E-state index < -0.39 is 16.0 Å². The van der Waals surface area contributed by atoms with E-state index in [1.807, 2.05) is 0 Å². The molecule has 0 atom stereocenters. The molecule has 0 fully saturated rings. The molecule has 2 aromatic carbocycles. The molecule has 0 heterocycles. The molecule has 0 aromatic heterocycles. The Morgan fingerprint density at radius 3 is 2.52 bits per heavy atom. The SMILES string of the molecule is COC(=O)c1cccc(NS(=O)(=O)c2cc(Cl)ccc2OC)c1. The van der Waals surface area contributed by atoms with E-state index in [1.165, 1.54) is 50.6 Å². The molecule has 0 bridgehead atoms. The maximum atomic E-state index is 12.5. The molecule has 2 rings (SSSR count). The normalized spacial score (nSPS) is 10.9. The minimum Gasteiger partial charge on any atom is -0.495 e.